The lowest BCUT2D eigenvalue weighted by molar-refractivity contribution is -0.131. The molecule has 0 radical (unpaired) electrons. The molecule has 0 unspecified atom stereocenters. The van der Waals surface area contributed by atoms with Gasteiger partial charge in [-0.25, -0.2) is 4.98 Å². The molecule has 1 fully saturated rings. The molecular weight excluding hydrogens is 334 g/mol. The van der Waals surface area contributed by atoms with Gasteiger partial charge in [-0.3, -0.25) is 14.7 Å². The van der Waals surface area contributed by atoms with Gasteiger partial charge in [0.25, 0.3) is 0 Å². The van der Waals surface area contributed by atoms with E-state index in [-0.39, 0.29) is 24.1 Å². The van der Waals surface area contributed by atoms with Crippen LogP contribution in [0.3, 0.4) is 0 Å². The Kier molecular flexibility index (Phi) is 5.29. The number of hydrogen-bond acceptors (Lipinski definition) is 6. The molecule has 2 amide bonds. The summed E-state index contributed by atoms with van der Waals surface area (Å²) in [5.74, 6) is 0.686. The first-order valence-corrected chi connectivity index (χ1v) is 9.22. The minimum absolute atomic E-state index is 0.0151. The highest BCUT2D eigenvalue weighted by atomic mass is 32.2. The number of likely N-dealkylation sites (tertiary alicyclic amines) is 1. The summed E-state index contributed by atoms with van der Waals surface area (Å²) in [5.41, 5.74) is 0. The second-order valence-electron chi connectivity index (χ2n) is 5.10. The average molecular weight is 351 g/mol. The number of thioether (sulfide) groups is 1. The molecule has 0 spiro atoms. The summed E-state index contributed by atoms with van der Waals surface area (Å²) in [4.78, 5) is 30.8. The molecular formula is C14H17N5O2S2. The zero-order valence-corrected chi connectivity index (χ0v) is 14.1. The third-order valence-corrected chi connectivity index (χ3v) is 5.17. The molecule has 3 heterocycles. The van der Waals surface area contributed by atoms with E-state index in [9.17, 15) is 9.59 Å². The first-order chi connectivity index (χ1) is 11.2. The predicted octanol–water partition coefficient (Wildman–Crippen LogP) is 1.36. The second-order valence-corrected chi connectivity index (χ2v) is 6.99. The van der Waals surface area contributed by atoms with Crippen LogP contribution in [0.15, 0.2) is 22.7 Å². The van der Waals surface area contributed by atoms with E-state index in [1.165, 1.54) is 11.8 Å². The highest BCUT2D eigenvalue weighted by Crippen LogP contribution is 2.22. The van der Waals surface area contributed by atoms with Gasteiger partial charge in [0, 0.05) is 13.1 Å². The maximum Gasteiger partial charge on any atom is 0.241 e. The van der Waals surface area contributed by atoms with Gasteiger partial charge in [-0.1, -0.05) is 17.8 Å². The summed E-state index contributed by atoms with van der Waals surface area (Å²) >= 11 is 2.82. The van der Waals surface area contributed by atoms with Crippen molar-refractivity contribution in [3.05, 3.63) is 17.5 Å². The zero-order chi connectivity index (χ0) is 16.1. The summed E-state index contributed by atoms with van der Waals surface area (Å²) in [6.45, 7) is 1.66. The predicted molar refractivity (Wildman–Crippen MR) is 89.2 cm³/mol. The maximum atomic E-state index is 11.8. The Hall–Kier alpha value is -1.87. The Morgan fingerprint density at radius 1 is 1.39 bits per heavy atom. The van der Waals surface area contributed by atoms with E-state index in [0.717, 1.165) is 30.8 Å². The van der Waals surface area contributed by atoms with Crippen LogP contribution in [0.2, 0.25) is 0 Å². The van der Waals surface area contributed by atoms with Gasteiger partial charge in [-0.05, 0) is 24.3 Å². The molecule has 122 valence electrons. The van der Waals surface area contributed by atoms with Crippen molar-refractivity contribution >= 4 is 34.9 Å². The number of rotatable bonds is 6. The number of carbonyl (C=O) groups excluding carboxylic acids is 2. The number of aromatic amines is 1. The molecule has 0 aromatic carbocycles. The van der Waals surface area contributed by atoms with Crippen molar-refractivity contribution in [3.63, 3.8) is 0 Å². The summed E-state index contributed by atoms with van der Waals surface area (Å²) in [5, 5.41) is 12.1. The third kappa shape index (κ3) is 4.32. The fourth-order valence-corrected chi connectivity index (χ4v) is 3.56. The Balaban J connectivity index is 1.41. The number of nitrogens with one attached hydrogen (secondary N) is 2. The Morgan fingerprint density at radius 2 is 2.22 bits per heavy atom. The molecule has 2 aromatic heterocycles. The fourth-order valence-electron chi connectivity index (χ4n) is 2.27. The van der Waals surface area contributed by atoms with Crippen LogP contribution in [-0.2, 0) is 9.59 Å². The Labute approximate surface area is 141 Å². The molecule has 2 N–H and O–H groups in total. The average Bonchev–Trinajstić information content (AvgIpc) is 3.32. The monoisotopic (exact) mass is 351 g/mol. The van der Waals surface area contributed by atoms with Gasteiger partial charge in [0.2, 0.25) is 17.0 Å². The minimum atomic E-state index is -0.190. The Bertz CT molecular complexity index is 665. The summed E-state index contributed by atoms with van der Waals surface area (Å²) < 4.78 is 0. The topological polar surface area (TPSA) is 91.0 Å². The van der Waals surface area contributed by atoms with Crippen molar-refractivity contribution in [1.29, 1.82) is 0 Å². The second kappa shape index (κ2) is 7.60. The number of hydrogen-bond donors (Lipinski definition) is 2. The molecule has 23 heavy (non-hydrogen) atoms. The van der Waals surface area contributed by atoms with E-state index in [4.69, 9.17) is 0 Å². The highest BCUT2D eigenvalue weighted by molar-refractivity contribution is 7.99. The minimum Gasteiger partial charge on any atom is -0.346 e. The van der Waals surface area contributed by atoms with E-state index in [0.29, 0.717) is 11.0 Å². The van der Waals surface area contributed by atoms with E-state index in [1.54, 1.807) is 16.2 Å². The lowest BCUT2D eigenvalue weighted by Crippen LogP contribution is -2.39. The van der Waals surface area contributed by atoms with Crippen LogP contribution in [0, 0.1) is 0 Å². The lowest BCUT2D eigenvalue weighted by Gasteiger charge is -2.15. The number of carbonyl (C=O) groups is 2. The van der Waals surface area contributed by atoms with Crippen molar-refractivity contribution in [2.75, 3.05) is 25.4 Å². The van der Waals surface area contributed by atoms with Gasteiger partial charge < -0.3 is 10.2 Å². The van der Waals surface area contributed by atoms with Crippen molar-refractivity contribution in [1.82, 2.24) is 25.4 Å². The van der Waals surface area contributed by atoms with Crippen LogP contribution < -0.4 is 5.32 Å². The molecule has 0 aliphatic carbocycles. The van der Waals surface area contributed by atoms with Crippen LogP contribution in [0.5, 0.6) is 0 Å². The molecule has 1 aliphatic heterocycles. The van der Waals surface area contributed by atoms with Crippen molar-refractivity contribution < 1.29 is 9.59 Å². The van der Waals surface area contributed by atoms with E-state index in [1.807, 2.05) is 17.5 Å². The molecule has 0 bridgehead atoms. The number of nitrogens with zero attached hydrogens (tertiary/aromatic N) is 3. The fraction of sp³-hybridized carbons (Fsp3) is 0.429. The number of aromatic nitrogens is 3. The van der Waals surface area contributed by atoms with Gasteiger partial charge in [-0.15, -0.1) is 16.4 Å². The SMILES string of the molecule is O=C(CSc1n[nH]c(-c2cccs2)n1)NCC(=O)N1CCCC1. The molecule has 7 nitrogen and oxygen atoms in total. The highest BCUT2D eigenvalue weighted by Gasteiger charge is 2.18. The van der Waals surface area contributed by atoms with E-state index < -0.39 is 0 Å². The van der Waals surface area contributed by atoms with E-state index in [2.05, 4.69) is 20.5 Å². The van der Waals surface area contributed by atoms with Gasteiger partial charge in [0.15, 0.2) is 5.82 Å². The van der Waals surface area contributed by atoms with Crippen LogP contribution >= 0.6 is 23.1 Å². The number of thiophene rings is 1. The molecule has 0 saturated carbocycles. The van der Waals surface area contributed by atoms with Gasteiger partial charge in [0.05, 0.1) is 17.2 Å². The summed E-state index contributed by atoms with van der Waals surface area (Å²) in [7, 11) is 0. The number of H-pyrrole nitrogens is 1. The molecule has 2 aromatic rings. The normalized spacial score (nSPS) is 14.2. The van der Waals surface area contributed by atoms with Crippen LogP contribution in [0.1, 0.15) is 12.8 Å². The smallest absolute Gasteiger partial charge is 0.241 e. The van der Waals surface area contributed by atoms with E-state index >= 15 is 0 Å². The standard InChI is InChI=1S/C14H17N5O2S2/c20-11(15-8-12(21)19-5-1-2-6-19)9-23-14-16-13(17-18-14)10-4-3-7-22-10/h3-4,7H,1-2,5-6,8-9H2,(H,15,20)(H,16,17,18). The van der Waals surface area contributed by atoms with Crippen LogP contribution in [0.4, 0.5) is 0 Å². The summed E-state index contributed by atoms with van der Waals surface area (Å²) in [6.07, 6.45) is 2.10. The first kappa shape index (κ1) is 16.0. The third-order valence-electron chi connectivity index (χ3n) is 3.45. The quantitative estimate of drug-likeness (QED) is 0.767. The van der Waals surface area contributed by atoms with Crippen molar-refractivity contribution in [2.45, 2.75) is 18.0 Å². The molecule has 0 atom stereocenters. The van der Waals surface area contributed by atoms with Crippen molar-refractivity contribution in [3.8, 4) is 10.7 Å². The Morgan fingerprint density at radius 3 is 2.96 bits per heavy atom. The van der Waals surface area contributed by atoms with Gasteiger partial charge in [-0.2, -0.15) is 0 Å². The number of amides is 2. The summed E-state index contributed by atoms with van der Waals surface area (Å²) in [6, 6.07) is 3.90. The molecule has 1 aliphatic rings. The zero-order valence-electron chi connectivity index (χ0n) is 12.4. The van der Waals surface area contributed by atoms with Crippen molar-refractivity contribution in [2.24, 2.45) is 0 Å². The van der Waals surface area contributed by atoms with Crippen LogP contribution in [0.25, 0.3) is 10.7 Å². The van der Waals surface area contributed by atoms with Gasteiger partial charge in [0.1, 0.15) is 0 Å². The first-order valence-electron chi connectivity index (χ1n) is 7.36. The maximum absolute atomic E-state index is 11.8. The molecule has 9 heteroatoms. The molecule has 1 saturated heterocycles. The van der Waals surface area contributed by atoms with Gasteiger partial charge >= 0.3 is 0 Å². The largest absolute Gasteiger partial charge is 0.346 e. The van der Waals surface area contributed by atoms with Crippen LogP contribution in [-0.4, -0.2) is 57.3 Å². The lowest BCUT2D eigenvalue weighted by atomic mass is 10.4. The molecule has 3 rings (SSSR count).